The van der Waals surface area contributed by atoms with Crippen LogP contribution < -0.4 is 0 Å². The summed E-state index contributed by atoms with van der Waals surface area (Å²) in [6.07, 6.45) is 1.69. The fraction of sp³-hybridized carbons (Fsp3) is 0.357. The molecule has 0 saturated heterocycles. The van der Waals surface area contributed by atoms with Crippen LogP contribution in [-0.4, -0.2) is 12.5 Å². The molecule has 0 aliphatic carbocycles. The molecule has 86 valence electrons. The molecule has 2 heteroatoms. The summed E-state index contributed by atoms with van der Waals surface area (Å²) in [4.78, 5) is 4.37. The number of hydrogen-bond acceptors (Lipinski definition) is 2. The fourth-order valence-electron chi connectivity index (χ4n) is 1.29. The van der Waals surface area contributed by atoms with Gasteiger partial charge in [0.2, 0.25) is 0 Å². The van der Waals surface area contributed by atoms with Crippen molar-refractivity contribution in [2.24, 2.45) is 4.99 Å². The smallest absolute Gasteiger partial charge is 0.174 e. The molecule has 16 heavy (non-hydrogen) atoms. The minimum atomic E-state index is 0.165. The second-order valence-electron chi connectivity index (χ2n) is 4.13. The van der Waals surface area contributed by atoms with E-state index in [9.17, 15) is 0 Å². The lowest BCUT2D eigenvalue weighted by Gasteiger charge is -2.06. The highest BCUT2D eigenvalue weighted by Gasteiger charge is 2.00. The Kier molecular flexibility index (Phi) is 4.77. The second-order valence-corrected chi connectivity index (χ2v) is 4.13. The second kappa shape index (κ2) is 6.11. The highest BCUT2D eigenvalue weighted by atomic mass is 16.5. The first-order valence-electron chi connectivity index (χ1n) is 5.52. The van der Waals surface area contributed by atoms with Crippen LogP contribution in [0.5, 0.6) is 0 Å². The molecule has 0 bridgehead atoms. The summed E-state index contributed by atoms with van der Waals surface area (Å²) in [5, 5.41) is 0. The number of ether oxygens (including phenoxy) is 1. The first-order valence-corrected chi connectivity index (χ1v) is 5.52. The molecule has 1 aromatic rings. The Balaban J connectivity index is 2.87. The maximum absolute atomic E-state index is 5.32. The van der Waals surface area contributed by atoms with Crippen LogP contribution in [0.4, 0.5) is 0 Å². The number of nitrogens with zero attached hydrogens (tertiary/aromatic N) is 1. The van der Waals surface area contributed by atoms with Crippen LogP contribution in [0, 0.1) is 0 Å². The molecule has 0 amide bonds. The number of hydrogen-bond donors (Lipinski definition) is 0. The molecule has 0 aromatic heterocycles. The van der Waals surface area contributed by atoms with E-state index < -0.39 is 0 Å². The molecule has 0 atom stereocenters. The molecule has 0 aliphatic rings. The highest BCUT2D eigenvalue weighted by Crippen LogP contribution is 2.19. The molecule has 0 spiro atoms. The standard InChI is InChI=1S/C14H19NO/c1-11(2)14(15-10-16-12(3)4)13-8-6-5-7-9-13/h5-10,12H,1-4H3. The van der Waals surface area contributed by atoms with Gasteiger partial charge in [0.05, 0.1) is 11.8 Å². The first kappa shape index (κ1) is 12.5. The quantitative estimate of drug-likeness (QED) is 0.554. The van der Waals surface area contributed by atoms with E-state index in [1.807, 2.05) is 32.0 Å². The average molecular weight is 217 g/mol. The average Bonchev–Trinajstić information content (AvgIpc) is 2.25. The maximum atomic E-state index is 5.32. The molecule has 1 aromatic carbocycles. The molecule has 0 unspecified atom stereocenters. The van der Waals surface area contributed by atoms with Gasteiger partial charge in [-0.05, 0) is 33.3 Å². The lowest BCUT2D eigenvalue weighted by molar-refractivity contribution is 0.241. The van der Waals surface area contributed by atoms with Crippen molar-refractivity contribution in [2.45, 2.75) is 33.8 Å². The van der Waals surface area contributed by atoms with Gasteiger partial charge in [-0.25, -0.2) is 4.99 Å². The number of aliphatic imine (C=N–C) groups is 1. The Hall–Kier alpha value is -1.57. The maximum Gasteiger partial charge on any atom is 0.174 e. The van der Waals surface area contributed by atoms with Crippen LogP contribution >= 0.6 is 0 Å². The fourth-order valence-corrected chi connectivity index (χ4v) is 1.29. The largest absolute Gasteiger partial charge is 0.481 e. The van der Waals surface area contributed by atoms with Crippen molar-refractivity contribution in [3.8, 4) is 0 Å². The summed E-state index contributed by atoms with van der Waals surface area (Å²) < 4.78 is 5.32. The zero-order valence-corrected chi connectivity index (χ0v) is 10.4. The van der Waals surface area contributed by atoms with Crippen molar-refractivity contribution in [2.75, 3.05) is 0 Å². The Morgan fingerprint density at radius 2 is 1.81 bits per heavy atom. The van der Waals surface area contributed by atoms with E-state index in [0.717, 1.165) is 11.3 Å². The zero-order valence-electron chi connectivity index (χ0n) is 10.4. The van der Waals surface area contributed by atoms with E-state index >= 15 is 0 Å². The third kappa shape index (κ3) is 3.89. The van der Waals surface area contributed by atoms with Crippen molar-refractivity contribution in [3.63, 3.8) is 0 Å². The van der Waals surface area contributed by atoms with Gasteiger partial charge in [-0.1, -0.05) is 30.3 Å². The Morgan fingerprint density at radius 3 is 2.31 bits per heavy atom. The van der Waals surface area contributed by atoms with Gasteiger partial charge in [0.25, 0.3) is 0 Å². The lowest BCUT2D eigenvalue weighted by Crippen LogP contribution is -1.99. The van der Waals surface area contributed by atoms with E-state index in [4.69, 9.17) is 4.74 Å². The van der Waals surface area contributed by atoms with E-state index in [-0.39, 0.29) is 6.10 Å². The number of rotatable bonds is 4. The van der Waals surface area contributed by atoms with Gasteiger partial charge >= 0.3 is 0 Å². The van der Waals surface area contributed by atoms with Crippen molar-refractivity contribution in [1.82, 2.24) is 0 Å². The molecule has 0 heterocycles. The van der Waals surface area contributed by atoms with Crippen LogP contribution in [0.2, 0.25) is 0 Å². The molecule has 0 aliphatic heterocycles. The van der Waals surface area contributed by atoms with Crippen LogP contribution in [0.25, 0.3) is 5.70 Å². The van der Waals surface area contributed by atoms with E-state index in [0.29, 0.717) is 0 Å². The van der Waals surface area contributed by atoms with Gasteiger partial charge in [-0.3, -0.25) is 0 Å². The van der Waals surface area contributed by atoms with Gasteiger partial charge in [0.1, 0.15) is 0 Å². The molecule has 1 rings (SSSR count). The van der Waals surface area contributed by atoms with Gasteiger partial charge < -0.3 is 4.74 Å². The number of allylic oxidation sites excluding steroid dienone is 1. The SMILES string of the molecule is CC(C)=C(N=COC(C)C)c1ccccc1. The minimum Gasteiger partial charge on any atom is -0.481 e. The zero-order chi connectivity index (χ0) is 12.0. The molecule has 0 radical (unpaired) electrons. The van der Waals surface area contributed by atoms with Crippen molar-refractivity contribution < 1.29 is 4.74 Å². The van der Waals surface area contributed by atoms with E-state index in [1.54, 1.807) is 0 Å². The molecular weight excluding hydrogens is 198 g/mol. The van der Waals surface area contributed by atoms with E-state index in [1.165, 1.54) is 12.0 Å². The predicted molar refractivity (Wildman–Crippen MR) is 69.4 cm³/mol. The first-order chi connectivity index (χ1) is 7.61. The van der Waals surface area contributed by atoms with Crippen molar-refractivity contribution in [1.29, 1.82) is 0 Å². The van der Waals surface area contributed by atoms with Crippen molar-refractivity contribution in [3.05, 3.63) is 41.5 Å². The summed E-state index contributed by atoms with van der Waals surface area (Å²) in [6, 6.07) is 10.1. The summed E-state index contributed by atoms with van der Waals surface area (Å²) in [6.45, 7) is 8.07. The normalized spacial score (nSPS) is 10.8. The molecule has 0 saturated carbocycles. The predicted octanol–water partition coefficient (Wildman–Crippen LogP) is 3.89. The van der Waals surface area contributed by atoms with E-state index in [2.05, 4.69) is 31.0 Å². The van der Waals surface area contributed by atoms with Gasteiger partial charge in [-0.2, -0.15) is 0 Å². The van der Waals surface area contributed by atoms with Gasteiger partial charge in [0, 0.05) is 5.56 Å². The molecular formula is C14H19NO. The topological polar surface area (TPSA) is 21.6 Å². The summed E-state index contributed by atoms with van der Waals surface area (Å²) in [5.74, 6) is 0. The van der Waals surface area contributed by atoms with Crippen LogP contribution in [0.1, 0.15) is 33.3 Å². The van der Waals surface area contributed by atoms with Gasteiger partial charge in [-0.15, -0.1) is 0 Å². The highest BCUT2D eigenvalue weighted by molar-refractivity contribution is 5.72. The van der Waals surface area contributed by atoms with Crippen LogP contribution in [0.15, 0.2) is 40.9 Å². The van der Waals surface area contributed by atoms with Crippen LogP contribution in [0.3, 0.4) is 0 Å². The summed E-state index contributed by atoms with van der Waals surface area (Å²) in [7, 11) is 0. The number of benzene rings is 1. The third-order valence-electron chi connectivity index (χ3n) is 2.04. The molecule has 2 nitrogen and oxygen atoms in total. The summed E-state index contributed by atoms with van der Waals surface area (Å²) >= 11 is 0. The molecule has 0 fully saturated rings. The Bertz CT molecular complexity index is 373. The van der Waals surface area contributed by atoms with Crippen LogP contribution in [-0.2, 0) is 4.74 Å². The lowest BCUT2D eigenvalue weighted by atomic mass is 10.1. The van der Waals surface area contributed by atoms with Crippen molar-refractivity contribution >= 4 is 12.1 Å². The Morgan fingerprint density at radius 1 is 1.19 bits per heavy atom. The van der Waals surface area contributed by atoms with Gasteiger partial charge in [0.15, 0.2) is 6.40 Å². The summed E-state index contributed by atoms with van der Waals surface area (Å²) in [5.41, 5.74) is 3.27. The third-order valence-corrected chi connectivity index (χ3v) is 2.04. The molecule has 0 N–H and O–H groups in total. The Labute approximate surface area is 97.7 Å². The minimum absolute atomic E-state index is 0.165. The monoisotopic (exact) mass is 217 g/mol.